The Morgan fingerprint density at radius 1 is 1.14 bits per heavy atom. The molecule has 5 nitrogen and oxygen atoms in total. The number of aliphatic carboxylic acids is 1. The third-order valence-electron chi connectivity index (χ3n) is 4.90. The molecule has 1 aromatic heterocycles. The van der Waals surface area contributed by atoms with Crippen LogP contribution in [0.2, 0.25) is 5.02 Å². The Bertz CT molecular complexity index is 1010. The standard InChI is InChI=1S/C22H21ClN2O3S/c1-14(15-8-4-3-5-9-15)17(12-20(26)27)21(28)25(2)22-24-19(13-29-22)16-10-6-7-11-18(16)23/h3-11,13-14,17H,12H2,1-2H3,(H,26,27)/t14?,17-/m0/s1. The van der Waals surface area contributed by atoms with Gasteiger partial charge in [0.1, 0.15) is 0 Å². The van der Waals surface area contributed by atoms with E-state index in [4.69, 9.17) is 11.6 Å². The van der Waals surface area contributed by atoms with Gasteiger partial charge in [0.05, 0.1) is 18.0 Å². The Labute approximate surface area is 178 Å². The van der Waals surface area contributed by atoms with E-state index in [0.29, 0.717) is 15.8 Å². The molecule has 7 heteroatoms. The molecule has 0 saturated heterocycles. The third-order valence-corrected chi connectivity index (χ3v) is 6.15. The van der Waals surface area contributed by atoms with E-state index < -0.39 is 11.9 Å². The topological polar surface area (TPSA) is 70.5 Å². The number of carboxylic acid groups (broad SMARTS) is 1. The first-order valence-electron chi connectivity index (χ1n) is 9.13. The van der Waals surface area contributed by atoms with E-state index in [1.807, 2.05) is 60.8 Å². The number of anilines is 1. The highest BCUT2D eigenvalue weighted by Gasteiger charge is 2.32. The van der Waals surface area contributed by atoms with Crippen LogP contribution < -0.4 is 4.90 Å². The van der Waals surface area contributed by atoms with Gasteiger partial charge in [-0.1, -0.05) is 67.1 Å². The Morgan fingerprint density at radius 3 is 2.45 bits per heavy atom. The lowest BCUT2D eigenvalue weighted by Crippen LogP contribution is -2.36. The van der Waals surface area contributed by atoms with Crippen LogP contribution in [0.25, 0.3) is 11.3 Å². The van der Waals surface area contributed by atoms with E-state index in [2.05, 4.69) is 4.98 Å². The van der Waals surface area contributed by atoms with Crippen LogP contribution in [0.4, 0.5) is 5.13 Å². The molecule has 0 aliphatic rings. The summed E-state index contributed by atoms with van der Waals surface area (Å²) in [5.74, 6) is -2.22. The fourth-order valence-electron chi connectivity index (χ4n) is 3.21. The van der Waals surface area contributed by atoms with Crippen molar-refractivity contribution in [1.29, 1.82) is 0 Å². The van der Waals surface area contributed by atoms with E-state index in [1.54, 1.807) is 13.1 Å². The molecule has 3 rings (SSSR count). The van der Waals surface area contributed by atoms with Crippen LogP contribution in [0.5, 0.6) is 0 Å². The van der Waals surface area contributed by atoms with Gasteiger partial charge >= 0.3 is 5.97 Å². The van der Waals surface area contributed by atoms with Crippen LogP contribution in [0.1, 0.15) is 24.8 Å². The summed E-state index contributed by atoms with van der Waals surface area (Å²) in [7, 11) is 1.63. The van der Waals surface area contributed by atoms with Gasteiger partial charge in [-0.15, -0.1) is 11.3 Å². The number of benzene rings is 2. The van der Waals surface area contributed by atoms with Crippen molar-refractivity contribution < 1.29 is 14.7 Å². The lowest BCUT2D eigenvalue weighted by molar-refractivity contribution is -0.140. The normalized spacial score (nSPS) is 12.9. The third kappa shape index (κ3) is 4.83. The molecule has 29 heavy (non-hydrogen) atoms. The van der Waals surface area contributed by atoms with Gasteiger partial charge in [0.25, 0.3) is 0 Å². The number of thiazole rings is 1. The second kappa shape index (κ2) is 9.20. The quantitative estimate of drug-likeness (QED) is 0.552. The number of rotatable bonds is 7. The van der Waals surface area contributed by atoms with Crippen LogP contribution in [0, 0.1) is 5.92 Å². The molecule has 0 aliphatic carbocycles. The van der Waals surface area contributed by atoms with Crippen LogP contribution in [0.3, 0.4) is 0 Å². The number of amides is 1. The van der Waals surface area contributed by atoms with Crippen molar-refractivity contribution in [2.45, 2.75) is 19.3 Å². The van der Waals surface area contributed by atoms with Crippen molar-refractivity contribution in [1.82, 2.24) is 4.98 Å². The van der Waals surface area contributed by atoms with E-state index in [9.17, 15) is 14.7 Å². The van der Waals surface area contributed by atoms with Crippen LogP contribution in [0.15, 0.2) is 60.0 Å². The molecule has 0 radical (unpaired) electrons. The summed E-state index contributed by atoms with van der Waals surface area (Å²) < 4.78 is 0. The fraction of sp³-hybridized carbons (Fsp3) is 0.227. The second-order valence-electron chi connectivity index (χ2n) is 6.80. The maximum absolute atomic E-state index is 13.2. The molecule has 1 heterocycles. The number of aromatic nitrogens is 1. The average molecular weight is 429 g/mol. The van der Waals surface area contributed by atoms with Gasteiger partial charge in [0, 0.05) is 23.0 Å². The van der Waals surface area contributed by atoms with Crippen molar-refractivity contribution in [3.8, 4) is 11.3 Å². The molecule has 3 aromatic rings. The minimum absolute atomic E-state index is 0.245. The van der Waals surface area contributed by atoms with Crippen LogP contribution in [-0.4, -0.2) is 29.0 Å². The summed E-state index contributed by atoms with van der Waals surface area (Å²) in [6.45, 7) is 1.88. The Kier molecular flexibility index (Phi) is 6.67. The number of nitrogens with zero attached hydrogens (tertiary/aromatic N) is 2. The smallest absolute Gasteiger partial charge is 0.304 e. The van der Waals surface area contributed by atoms with Crippen molar-refractivity contribution >= 4 is 39.9 Å². The lowest BCUT2D eigenvalue weighted by atomic mass is 9.84. The molecular formula is C22H21ClN2O3S. The first-order valence-corrected chi connectivity index (χ1v) is 10.4. The Hall–Kier alpha value is -2.70. The summed E-state index contributed by atoms with van der Waals surface area (Å²) in [6.07, 6.45) is -0.248. The van der Waals surface area contributed by atoms with Crippen molar-refractivity contribution in [3.63, 3.8) is 0 Å². The number of carbonyl (C=O) groups is 2. The highest BCUT2D eigenvalue weighted by molar-refractivity contribution is 7.14. The van der Waals surface area contributed by atoms with Crippen LogP contribution >= 0.6 is 22.9 Å². The zero-order chi connectivity index (χ0) is 21.0. The van der Waals surface area contributed by atoms with E-state index in [0.717, 1.165) is 11.1 Å². The maximum atomic E-state index is 13.2. The van der Waals surface area contributed by atoms with Gasteiger partial charge in [0.2, 0.25) is 5.91 Å². The van der Waals surface area contributed by atoms with Gasteiger partial charge in [-0.25, -0.2) is 4.98 Å². The first kappa shape index (κ1) is 21.0. The van der Waals surface area contributed by atoms with Crippen molar-refractivity contribution in [3.05, 3.63) is 70.6 Å². The zero-order valence-corrected chi connectivity index (χ0v) is 17.7. The first-order chi connectivity index (χ1) is 13.9. The molecule has 2 atom stereocenters. The van der Waals surface area contributed by atoms with E-state index in [1.165, 1.54) is 16.2 Å². The van der Waals surface area contributed by atoms with Crippen LogP contribution in [-0.2, 0) is 9.59 Å². The molecule has 150 valence electrons. The Balaban J connectivity index is 1.86. The number of hydrogen-bond acceptors (Lipinski definition) is 4. The molecule has 0 bridgehead atoms. The molecule has 0 aliphatic heterocycles. The van der Waals surface area contributed by atoms with E-state index >= 15 is 0 Å². The number of carbonyl (C=O) groups excluding carboxylic acids is 1. The molecule has 1 amide bonds. The number of carboxylic acids is 1. The van der Waals surface area contributed by atoms with Gasteiger partial charge in [0.15, 0.2) is 5.13 Å². The fourth-order valence-corrected chi connectivity index (χ4v) is 4.24. The summed E-state index contributed by atoms with van der Waals surface area (Å²) in [5.41, 5.74) is 2.40. The molecule has 1 unspecified atom stereocenters. The summed E-state index contributed by atoms with van der Waals surface area (Å²) in [5, 5.41) is 12.3. The second-order valence-corrected chi connectivity index (χ2v) is 8.04. The lowest BCUT2D eigenvalue weighted by Gasteiger charge is -2.26. The number of hydrogen-bond donors (Lipinski definition) is 1. The predicted octanol–water partition coefficient (Wildman–Crippen LogP) is 5.32. The molecular weight excluding hydrogens is 408 g/mol. The SMILES string of the molecule is CC(c1ccccc1)[C@H](CC(=O)O)C(=O)N(C)c1nc(-c2ccccc2Cl)cs1. The van der Waals surface area contributed by atoms with Crippen molar-refractivity contribution in [2.75, 3.05) is 11.9 Å². The predicted molar refractivity (Wildman–Crippen MR) is 117 cm³/mol. The highest BCUT2D eigenvalue weighted by atomic mass is 35.5. The number of halogens is 1. The summed E-state index contributed by atoms with van der Waals surface area (Å²) >= 11 is 7.57. The highest BCUT2D eigenvalue weighted by Crippen LogP contribution is 2.34. The minimum atomic E-state index is -1.00. The van der Waals surface area contributed by atoms with Gasteiger partial charge in [-0.2, -0.15) is 0 Å². The monoisotopic (exact) mass is 428 g/mol. The molecule has 0 saturated carbocycles. The maximum Gasteiger partial charge on any atom is 0.304 e. The minimum Gasteiger partial charge on any atom is -0.481 e. The molecule has 0 fully saturated rings. The zero-order valence-electron chi connectivity index (χ0n) is 16.1. The largest absolute Gasteiger partial charge is 0.481 e. The van der Waals surface area contributed by atoms with E-state index in [-0.39, 0.29) is 18.2 Å². The average Bonchev–Trinajstić information content (AvgIpc) is 3.21. The molecule has 1 N–H and O–H groups in total. The summed E-state index contributed by atoms with van der Waals surface area (Å²) in [6, 6.07) is 16.8. The molecule has 0 spiro atoms. The van der Waals surface area contributed by atoms with Gasteiger partial charge < -0.3 is 5.11 Å². The van der Waals surface area contributed by atoms with Gasteiger partial charge in [-0.3, -0.25) is 14.5 Å². The summed E-state index contributed by atoms with van der Waals surface area (Å²) in [4.78, 5) is 30.6. The Morgan fingerprint density at radius 2 is 1.79 bits per heavy atom. The molecule has 2 aromatic carbocycles. The van der Waals surface area contributed by atoms with Crippen molar-refractivity contribution in [2.24, 2.45) is 5.92 Å². The van der Waals surface area contributed by atoms with Gasteiger partial charge in [-0.05, 0) is 17.5 Å².